The number of rotatable bonds is 4. The molecule has 1 saturated heterocycles. The molecule has 0 bridgehead atoms. The first-order valence-electron chi connectivity index (χ1n) is 8.24. The summed E-state index contributed by atoms with van der Waals surface area (Å²) in [6, 6.07) is 7.08. The van der Waals surface area contributed by atoms with Crippen LogP contribution in [0.15, 0.2) is 18.2 Å². The number of ether oxygens (including phenoxy) is 1. The lowest BCUT2D eigenvalue weighted by Crippen LogP contribution is -2.50. The van der Waals surface area contributed by atoms with E-state index in [1.165, 1.54) is 43.9 Å². The predicted molar refractivity (Wildman–Crippen MR) is 85.7 cm³/mol. The zero-order valence-electron chi connectivity index (χ0n) is 13.3. The Hall–Kier alpha value is -1.10. The Bertz CT molecular complexity index is 469. The van der Waals surface area contributed by atoms with Gasteiger partial charge in [-0.1, -0.05) is 13.0 Å². The topological polar surface area (TPSA) is 27.7 Å². The number of nitrogens with one attached hydrogen (secondary N) is 1. The molecule has 0 saturated carbocycles. The summed E-state index contributed by atoms with van der Waals surface area (Å²) in [4.78, 5) is 5.16. The van der Waals surface area contributed by atoms with Gasteiger partial charge in [0.2, 0.25) is 0 Å². The van der Waals surface area contributed by atoms with Gasteiger partial charge in [-0.2, -0.15) is 0 Å². The maximum absolute atomic E-state index is 5.69. The summed E-state index contributed by atoms with van der Waals surface area (Å²) < 4.78 is 5.69. The first-order valence-corrected chi connectivity index (χ1v) is 8.24. The average Bonchev–Trinajstić information content (AvgIpc) is 2.55. The van der Waals surface area contributed by atoms with E-state index in [0.29, 0.717) is 6.04 Å². The fourth-order valence-corrected chi connectivity index (χ4v) is 3.47. The molecule has 1 fully saturated rings. The molecule has 0 radical (unpaired) electrons. The summed E-state index contributed by atoms with van der Waals surface area (Å²) in [5.74, 6) is 1.01. The quantitative estimate of drug-likeness (QED) is 0.916. The molecule has 1 N–H and O–H groups in total. The molecular formula is C17H27N3O. The fraction of sp³-hybridized carbons (Fsp3) is 0.647. The number of hydrogen-bond donors (Lipinski definition) is 1. The van der Waals surface area contributed by atoms with Crippen LogP contribution in [0.25, 0.3) is 0 Å². The first-order chi connectivity index (χ1) is 10.3. The van der Waals surface area contributed by atoms with Crippen LogP contribution in [0.3, 0.4) is 0 Å². The summed E-state index contributed by atoms with van der Waals surface area (Å²) in [6.07, 6.45) is 0. The maximum Gasteiger partial charge on any atom is 0.119 e. The fourth-order valence-electron chi connectivity index (χ4n) is 3.47. The Balaban J connectivity index is 1.77. The highest BCUT2D eigenvalue weighted by Gasteiger charge is 2.28. The van der Waals surface area contributed by atoms with E-state index in [0.717, 1.165) is 25.4 Å². The van der Waals surface area contributed by atoms with Crippen molar-refractivity contribution in [2.45, 2.75) is 26.4 Å². The van der Waals surface area contributed by atoms with E-state index in [1.54, 1.807) is 0 Å². The molecule has 4 heteroatoms. The van der Waals surface area contributed by atoms with Gasteiger partial charge in [0.1, 0.15) is 5.75 Å². The van der Waals surface area contributed by atoms with E-state index in [-0.39, 0.29) is 0 Å². The largest absolute Gasteiger partial charge is 0.494 e. The Morgan fingerprint density at radius 2 is 2.00 bits per heavy atom. The van der Waals surface area contributed by atoms with E-state index in [2.05, 4.69) is 40.2 Å². The molecule has 3 rings (SSSR count). The van der Waals surface area contributed by atoms with Gasteiger partial charge in [-0.25, -0.2) is 0 Å². The second kappa shape index (κ2) is 6.77. The Kier molecular flexibility index (Phi) is 4.78. The standard InChI is InChI=1S/C17H27N3O/c1-3-19-7-9-20(10-8-19)17-13-18-12-14-5-6-15(21-4-2)11-16(14)17/h5-6,11,17-18H,3-4,7-10,12-13H2,1-2H3/t17-/m0/s1. The molecule has 2 aliphatic rings. The van der Waals surface area contributed by atoms with Crippen molar-refractivity contribution < 1.29 is 4.74 Å². The van der Waals surface area contributed by atoms with Crippen LogP contribution in [0.1, 0.15) is 31.0 Å². The predicted octanol–water partition coefficient (Wildman–Crippen LogP) is 1.87. The number of piperazine rings is 1. The number of hydrogen-bond acceptors (Lipinski definition) is 4. The molecule has 2 heterocycles. The van der Waals surface area contributed by atoms with Crippen molar-refractivity contribution in [3.63, 3.8) is 0 Å². The van der Waals surface area contributed by atoms with Gasteiger partial charge in [0.25, 0.3) is 0 Å². The van der Waals surface area contributed by atoms with Crippen LogP contribution in [-0.4, -0.2) is 55.7 Å². The smallest absolute Gasteiger partial charge is 0.119 e. The Morgan fingerprint density at radius 1 is 1.19 bits per heavy atom. The lowest BCUT2D eigenvalue weighted by molar-refractivity contribution is 0.0948. The number of benzene rings is 1. The van der Waals surface area contributed by atoms with E-state index < -0.39 is 0 Å². The van der Waals surface area contributed by atoms with Crippen LogP contribution in [-0.2, 0) is 6.54 Å². The number of fused-ring (bicyclic) bond motifs is 1. The minimum atomic E-state index is 0.494. The highest BCUT2D eigenvalue weighted by molar-refractivity contribution is 5.39. The molecule has 0 aromatic heterocycles. The van der Waals surface area contributed by atoms with Crippen molar-refractivity contribution in [1.82, 2.24) is 15.1 Å². The Morgan fingerprint density at radius 3 is 2.71 bits per heavy atom. The zero-order valence-corrected chi connectivity index (χ0v) is 13.3. The molecule has 0 aliphatic carbocycles. The monoisotopic (exact) mass is 289 g/mol. The highest BCUT2D eigenvalue weighted by atomic mass is 16.5. The van der Waals surface area contributed by atoms with Crippen LogP contribution in [0.4, 0.5) is 0 Å². The van der Waals surface area contributed by atoms with Gasteiger partial charge < -0.3 is 15.0 Å². The average molecular weight is 289 g/mol. The molecule has 1 aromatic rings. The first kappa shape index (κ1) is 14.8. The van der Waals surface area contributed by atoms with Gasteiger partial charge in [0, 0.05) is 45.3 Å². The van der Waals surface area contributed by atoms with E-state index in [4.69, 9.17) is 4.74 Å². The molecule has 4 nitrogen and oxygen atoms in total. The summed E-state index contributed by atoms with van der Waals surface area (Å²) in [7, 11) is 0. The third kappa shape index (κ3) is 3.23. The second-order valence-corrected chi connectivity index (χ2v) is 5.91. The van der Waals surface area contributed by atoms with E-state index in [1.807, 2.05) is 6.92 Å². The molecule has 0 amide bonds. The van der Waals surface area contributed by atoms with Crippen molar-refractivity contribution in [2.24, 2.45) is 0 Å². The maximum atomic E-state index is 5.69. The molecule has 0 spiro atoms. The van der Waals surface area contributed by atoms with E-state index in [9.17, 15) is 0 Å². The van der Waals surface area contributed by atoms with Gasteiger partial charge in [-0.3, -0.25) is 4.90 Å². The molecule has 1 atom stereocenters. The summed E-state index contributed by atoms with van der Waals surface area (Å²) in [5.41, 5.74) is 2.89. The molecule has 1 aromatic carbocycles. The van der Waals surface area contributed by atoms with Gasteiger partial charge >= 0.3 is 0 Å². The minimum absolute atomic E-state index is 0.494. The van der Waals surface area contributed by atoms with Gasteiger partial charge in [0.05, 0.1) is 6.61 Å². The summed E-state index contributed by atoms with van der Waals surface area (Å²) >= 11 is 0. The highest BCUT2D eigenvalue weighted by Crippen LogP contribution is 2.31. The minimum Gasteiger partial charge on any atom is -0.494 e. The lowest BCUT2D eigenvalue weighted by atomic mass is 9.94. The van der Waals surface area contributed by atoms with Crippen LogP contribution in [0.5, 0.6) is 5.75 Å². The molecule has 2 aliphatic heterocycles. The van der Waals surface area contributed by atoms with Crippen molar-refractivity contribution in [3.8, 4) is 5.75 Å². The molecular weight excluding hydrogens is 262 g/mol. The van der Waals surface area contributed by atoms with Crippen LogP contribution >= 0.6 is 0 Å². The normalized spacial score (nSPS) is 23.8. The zero-order chi connectivity index (χ0) is 14.7. The molecule has 116 valence electrons. The number of likely N-dealkylation sites (N-methyl/N-ethyl adjacent to an activating group) is 1. The van der Waals surface area contributed by atoms with Crippen molar-refractivity contribution >= 4 is 0 Å². The Labute approximate surface area is 128 Å². The summed E-state index contributed by atoms with van der Waals surface area (Å²) in [5, 5.41) is 3.57. The third-order valence-electron chi connectivity index (χ3n) is 4.74. The van der Waals surface area contributed by atoms with Crippen molar-refractivity contribution in [2.75, 3.05) is 45.9 Å². The summed E-state index contributed by atoms with van der Waals surface area (Å²) in [6.45, 7) is 12.9. The van der Waals surface area contributed by atoms with Crippen LogP contribution in [0, 0.1) is 0 Å². The number of nitrogens with zero attached hydrogens (tertiary/aromatic N) is 2. The lowest BCUT2D eigenvalue weighted by Gasteiger charge is -2.41. The van der Waals surface area contributed by atoms with E-state index >= 15 is 0 Å². The molecule has 0 unspecified atom stereocenters. The van der Waals surface area contributed by atoms with Crippen LogP contribution in [0.2, 0.25) is 0 Å². The van der Waals surface area contributed by atoms with Crippen LogP contribution < -0.4 is 10.1 Å². The third-order valence-corrected chi connectivity index (χ3v) is 4.74. The SMILES string of the molecule is CCOc1ccc2c(c1)[C@@H](N1CCN(CC)CC1)CNC2. The van der Waals surface area contributed by atoms with Crippen molar-refractivity contribution in [3.05, 3.63) is 29.3 Å². The van der Waals surface area contributed by atoms with Gasteiger partial charge in [0.15, 0.2) is 0 Å². The second-order valence-electron chi connectivity index (χ2n) is 5.91. The van der Waals surface area contributed by atoms with Crippen molar-refractivity contribution in [1.29, 1.82) is 0 Å². The van der Waals surface area contributed by atoms with Gasteiger partial charge in [-0.15, -0.1) is 0 Å². The van der Waals surface area contributed by atoms with Gasteiger partial charge in [-0.05, 0) is 36.7 Å². The molecule has 21 heavy (non-hydrogen) atoms.